The van der Waals surface area contributed by atoms with Crippen LogP contribution in [-0.2, 0) is 7.05 Å². The van der Waals surface area contributed by atoms with Crippen LogP contribution < -0.4 is 0 Å². The summed E-state index contributed by atoms with van der Waals surface area (Å²) in [5, 5.41) is 7.28. The summed E-state index contributed by atoms with van der Waals surface area (Å²) in [7, 11) is 2.12. The van der Waals surface area contributed by atoms with Gasteiger partial charge < -0.3 is 4.57 Å². The standard InChI is InChI=1S/C28H23N3/c1-17(2)27-29-25(21-13-12-18-8-4-5-10-20(18)16-21)24-23-15-14-19-9-6-7-11-22(19)26(23)31(3)28(24)30-27/h4-17H,1-3H3. The predicted octanol–water partition coefficient (Wildman–Crippen LogP) is 7.22. The zero-order chi connectivity index (χ0) is 21.1. The largest absolute Gasteiger partial charge is 0.328 e. The number of hydrogen-bond donors (Lipinski definition) is 0. The van der Waals surface area contributed by atoms with Gasteiger partial charge in [0.05, 0.1) is 16.6 Å². The maximum Gasteiger partial charge on any atom is 0.145 e. The average Bonchev–Trinajstić information content (AvgIpc) is 3.10. The van der Waals surface area contributed by atoms with Gasteiger partial charge in [0.1, 0.15) is 11.5 Å². The van der Waals surface area contributed by atoms with E-state index < -0.39 is 0 Å². The molecule has 0 aliphatic carbocycles. The van der Waals surface area contributed by atoms with Crippen LogP contribution in [0.1, 0.15) is 25.6 Å². The number of benzene rings is 4. The minimum atomic E-state index is 0.248. The lowest BCUT2D eigenvalue weighted by Gasteiger charge is -2.10. The van der Waals surface area contributed by atoms with Crippen molar-refractivity contribution in [3.8, 4) is 11.3 Å². The first-order valence-electron chi connectivity index (χ1n) is 10.8. The second-order valence-corrected chi connectivity index (χ2v) is 8.59. The highest BCUT2D eigenvalue weighted by Gasteiger charge is 2.20. The van der Waals surface area contributed by atoms with E-state index in [0.29, 0.717) is 0 Å². The van der Waals surface area contributed by atoms with Crippen LogP contribution in [0.2, 0.25) is 0 Å². The molecule has 6 rings (SSSR count). The van der Waals surface area contributed by atoms with E-state index in [0.717, 1.165) is 28.1 Å². The Hall–Kier alpha value is -3.72. The third kappa shape index (κ3) is 2.66. The Bertz CT molecular complexity index is 1620. The lowest BCUT2D eigenvalue weighted by molar-refractivity contribution is 0.778. The molecule has 0 saturated heterocycles. The van der Waals surface area contributed by atoms with E-state index >= 15 is 0 Å². The third-order valence-corrected chi connectivity index (χ3v) is 6.27. The van der Waals surface area contributed by atoms with Gasteiger partial charge >= 0.3 is 0 Å². The highest BCUT2D eigenvalue weighted by Crippen LogP contribution is 2.38. The summed E-state index contributed by atoms with van der Waals surface area (Å²) in [5.41, 5.74) is 4.35. The monoisotopic (exact) mass is 401 g/mol. The van der Waals surface area contributed by atoms with Crippen LogP contribution in [0, 0.1) is 0 Å². The summed E-state index contributed by atoms with van der Waals surface area (Å²) < 4.78 is 2.24. The lowest BCUT2D eigenvalue weighted by Crippen LogP contribution is -2.02. The van der Waals surface area contributed by atoms with Crippen molar-refractivity contribution in [3.63, 3.8) is 0 Å². The number of fused-ring (bicyclic) bond motifs is 6. The van der Waals surface area contributed by atoms with Gasteiger partial charge in [-0.25, -0.2) is 9.97 Å². The molecule has 0 atom stereocenters. The van der Waals surface area contributed by atoms with E-state index in [1.165, 1.54) is 32.4 Å². The lowest BCUT2D eigenvalue weighted by atomic mass is 10.0. The van der Waals surface area contributed by atoms with Gasteiger partial charge in [-0.2, -0.15) is 0 Å². The van der Waals surface area contributed by atoms with Crippen molar-refractivity contribution in [2.45, 2.75) is 19.8 Å². The van der Waals surface area contributed by atoms with E-state index in [-0.39, 0.29) is 5.92 Å². The van der Waals surface area contributed by atoms with Gasteiger partial charge in [-0.1, -0.05) is 86.6 Å². The SMILES string of the molecule is CC(C)c1nc(-c2ccc3ccccc3c2)c2c3ccc4ccccc4c3n(C)c2n1. The molecule has 0 N–H and O–H groups in total. The normalized spacial score (nSPS) is 12.0. The van der Waals surface area contributed by atoms with Crippen LogP contribution in [0.15, 0.2) is 78.9 Å². The first-order valence-corrected chi connectivity index (χ1v) is 10.8. The van der Waals surface area contributed by atoms with E-state index in [1.54, 1.807) is 0 Å². The molecule has 0 unspecified atom stereocenters. The second kappa shape index (κ2) is 6.64. The van der Waals surface area contributed by atoms with E-state index in [4.69, 9.17) is 9.97 Å². The summed E-state index contributed by atoms with van der Waals surface area (Å²) in [5.74, 6) is 1.13. The Morgan fingerprint density at radius 1 is 0.710 bits per heavy atom. The van der Waals surface area contributed by atoms with Gasteiger partial charge in [-0.3, -0.25) is 0 Å². The van der Waals surface area contributed by atoms with Crippen LogP contribution in [0.3, 0.4) is 0 Å². The van der Waals surface area contributed by atoms with Crippen molar-refractivity contribution in [3.05, 3.63) is 84.7 Å². The molecular weight excluding hydrogens is 378 g/mol. The van der Waals surface area contributed by atoms with Crippen molar-refractivity contribution in [2.24, 2.45) is 7.05 Å². The molecule has 0 aliphatic rings. The van der Waals surface area contributed by atoms with Crippen LogP contribution in [-0.4, -0.2) is 14.5 Å². The maximum atomic E-state index is 5.10. The number of nitrogens with zero attached hydrogens (tertiary/aromatic N) is 3. The van der Waals surface area contributed by atoms with E-state index in [9.17, 15) is 0 Å². The fourth-order valence-electron chi connectivity index (χ4n) is 4.68. The van der Waals surface area contributed by atoms with Crippen LogP contribution in [0.5, 0.6) is 0 Å². The molecular formula is C28H23N3. The zero-order valence-corrected chi connectivity index (χ0v) is 17.9. The molecule has 2 heterocycles. The van der Waals surface area contributed by atoms with Crippen molar-refractivity contribution in [1.82, 2.24) is 14.5 Å². The van der Waals surface area contributed by atoms with Crippen molar-refractivity contribution in [2.75, 3.05) is 0 Å². The van der Waals surface area contributed by atoms with Crippen molar-refractivity contribution >= 4 is 43.5 Å². The predicted molar refractivity (Wildman–Crippen MR) is 131 cm³/mol. The van der Waals surface area contributed by atoms with Gasteiger partial charge in [-0.05, 0) is 22.2 Å². The molecule has 0 saturated carbocycles. The maximum absolute atomic E-state index is 5.10. The molecule has 150 valence electrons. The van der Waals surface area contributed by atoms with Gasteiger partial charge in [0.25, 0.3) is 0 Å². The number of aromatic nitrogens is 3. The molecule has 4 aromatic carbocycles. The van der Waals surface area contributed by atoms with Gasteiger partial charge in [0.15, 0.2) is 0 Å². The molecule has 3 nitrogen and oxygen atoms in total. The van der Waals surface area contributed by atoms with Crippen LogP contribution in [0.4, 0.5) is 0 Å². The highest BCUT2D eigenvalue weighted by molar-refractivity contribution is 6.20. The Labute approximate surface area is 181 Å². The van der Waals surface area contributed by atoms with Crippen LogP contribution in [0.25, 0.3) is 54.7 Å². The minimum Gasteiger partial charge on any atom is -0.328 e. The number of aryl methyl sites for hydroxylation is 1. The Morgan fingerprint density at radius 2 is 1.42 bits per heavy atom. The summed E-state index contributed by atoms with van der Waals surface area (Å²) in [6, 6.07) is 28.1. The molecule has 31 heavy (non-hydrogen) atoms. The zero-order valence-electron chi connectivity index (χ0n) is 17.9. The van der Waals surface area contributed by atoms with Crippen molar-refractivity contribution in [1.29, 1.82) is 0 Å². The summed E-state index contributed by atoms with van der Waals surface area (Å²) in [6.45, 7) is 4.31. The highest BCUT2D eigenvalue weighted by atomic mass is 15.1. The average molecular weight is 402 g/mol. The summed E-state index contributed by atoms with van der Waals surface area (Å²) >= 11 is 0. The van der Waals surface area contributed by atoms with Crippen LogP contribution >= 0.6 is 0 Å². The minimum absolute atomic E-state index is 0.248. The quantitative estimate of drug-likeness (QED) is 0.307. The second-order valence-electron chi connectivity index (χ2n) is 8.59. The summed E-state index contributed by atoms with van der Waals surface area (Å²) in [6.07, 6.45) is 0. The molecule has 0 radical (unpaired) electrons. The van der Waals surface area contributed by atoms with E-state index in [2.05, 4.69) is 104 Å². The molecule has 0 fully saturated rings. The molecule has 0 bridgehead atoms. The number of hydrogen-bond acceptors (Lipinski definition) is 2. The van der Waals surface area contributed by atoms with Gasteiger partial charge in [0.2, 0.25) is 0 Å². The fraction of sp³-hybridized carbons (Fsp3) is 0.143. The molecule has 0 amide bonds. The van der Waals surface area contributed by atoms with Gasteiger partial charge in [-0.15, -0.1) is 0 Å². The smallest absolute Gasteiger partial charge is 0.145 e. The van der Waals surface area contributed by atoms with E-state index in [1.807, 2.05) is 0 Å². The fourth-order valence-corrected chi connectivity index (χ4v) is 4.68. The number of rotatable bonds is 2. The Kier molecular flexibility index (Phi) is 3.87. The molecule has 0 aliphatic heterocycles. The molecule has 6 aromatic rings. The molecule has 2 aromatic heterocycles. The van der Waals surface area contributed by atoms with Gasteiger partial charge in [0, 0.05) is 29.3 Å². The first-order chi connectivity index (χ1) is 15.1. The van der Waals surface area contributed by atoms with Crippen molar-refractivity contribution < 1.29 is 0 Å². The Morgan fingerprint density at radius 3 is 2.23 bits per heavy atom. The first kappa shape index (κ1) is 18.1. The third-order valence-electron chi connectivity index (χ3n) is 6.27. The Balaban J connectivity index is 1.79. The molecule has 0 spiro atoms. The summed E-state index contributed by atoms with van der Waals surface area (Å²) in [4.78, 5) is 10.1. The molecule has 3 heteroatoms. The topological polar surface area (TPSA) is 30.7 Å².